The Kier molecular flexibility index (Phi) is 6.47. The van der Waals surface area contributed by atoms with Gasteiger partial charge in [-0.25, -0.2) is 0 Å². The van der Waals surface area contributed by atoms with E-state index < -0.39 is 0 Å². The Bertz CT molecular complexity index is 1520. The Morgan fingerprint density at radius 3 is 2.53 bits per heavy atom. The maximum atomic E-state index is 12.9. The van der Waals surface area contributed by atoms with Gasteiger partial charge in [-0.2, -0.15) is 9.50 Å². The van der Waals surface area contributed by atoms with Gasteiger partial charge in [0, 0.05) is 22.2 Å². The topological polar surface area (TPSA) is 69.6 Å². The lowest BCUT2D eigenvalue weighted by atomic mass is 10.2. The minimum Gasteiger partial charge on any atom is -0.494 e. The maximum absolute atomic E-state index is 12.9. The Balaban J connectivity index is 1.35. The summed E-state index contributed by atoms with van der Waals surface area (Å²) in [7, 11) is 0. The van der Waals surface area contributed by atoms with Crippen molar-refractivity contribution in [1.82, 2.24) is 14.6 Å². The largest absolute Gasteiger partial charge is 0.494 e. The minimum atomic E-state index is -0.223. The van der Waals surface area contributed by atoms with Gasteiger partial charge in [-0.1, -0.05) is 42.7 Å². The summed E-state index contributed by atoms with van der Waals surface area (Å²) < 4.78 is 13.5. The zero-order valence-electron chi connectivity index (χ0n) is 18.5. The zero-order chi connectivity index (χ0) is 23.5. The Hall–Kier alpha value is -3.42. The molecule has 0 fully saturated rings. The number of unbranched alkanes of at least 4 members (excludes halogenated alkanes) is 2. The normalized spacial score (nSPS) is 12.0. The lowest BCUT2D eigenvalue weighted by molar-refractivity contribution is 0.306. The van der Waals surface area contributed by atoms with E-state index in [1.54, 1.807) is 6.08 Å². The van der Waals surface area contributed by atoms with Gasteiger partial charge < -0.3 is 9.15 Å². The molecule has 0 saturated carbocycles. The van der Waals surface area contributed by atoms with Crippen LogP contribution in [-0.4, -0.2) is 21.2 Å². The summed E-state index contributed by atoms with van der Waals surface area (Å²) in [6.45, 7) is 2.88. The van der Waals surface area contributed by atoms with Gasteiger partial charge in [0.2, 0.25) is 4.96 Å². The zero-order valence-corrected chi connectivity index (χ0v) is 20.1. The average molecular weight is 492 g/mol. The molecule has 0 bridgehead atoms. The third-order valence-corrected chi connectivity index (χ3v) is 6.55. The highest BCUT2D eigenvalue weighted by atomic mass is 35.5. The van der Waals surface area contributed by atoms with Gasteiger partial charge in [0.25, 0.3) is 5.56 Å². The van der Waals surface area contributed by atoms with Crippen molar-refractivity contribution in [3.8, 4) is 28.5 Å². The molecular formula is C26H22ClN3O3S. The molecule has 34 heavy (non-hydrogen) atoms. The molecule has 0 spiro atoms. The lowest BCUT2D eigenvalue weighted by Gasteiger charge is -2.05. The molecule has 6 nitrogen and oxygen atoms in total. The molecule has 3 aromatic heterocycles. The van der Waals surface area contributed by atoms with Crippen LogP contribution in [0.15, 0.2) is 69.9 Å². The number of halogens is 1. The van der Waals surface area contributed by atoms with Crippen molar-refractivity contribution in [2.24, 2.45) is 0 Å². The molecule has 172 valence electrons. The molecule has 0 N–H and O–H groups in total. The number of ether oxygens (including phenoxy) is 1. The summed E-state index contributed by atoms with van der Waals surface area (Å²) in [6.07, 6.45) is 5.09. The van der Waals surface area contributed by atoms with Crippen LogP contribution in [0.25, 0.3) is 33.7 Å². The average Bonchev–Trinajstić information content (AvgIpc) is 3.55. The van der Waals surface area contributed by atoms with Crippen LogP contribution in [0.2, 0.25) is 5.02 Å². The van der Waals surface area contributed by atoms with Gasteiger partial charge in [-0.05, 0) is 67.1 Å². The van der Waals surface area contributed by atoms with Crippen LogP contribution in [0.1, 0.15) is 31.9 Å². The first-order valence-electron chi connectivity index (χ1n) is 11.1. The first-order chi connectivity index (χ1) is 16.6. The van der Waals surface area contributed by atoms with Crippen molar-refractivity contribution >= 4 is 34.0 Å². The van der Waals surface area contributed by atoms with Crippen LogP contribution >= 0.6 is 22.9 Å². The van der Waals surface area contributed by atoms with Crippen molar-refractivity contribution in [1.29, 1.82) is 0 Å². The molecule has 0 aliphatic carbocycles. The number of nitrogens with zero attached hydrogens (tertiary/aromatic N) is 3. The van der Waals surface area contributed by atoms with E-state index in [9.17, 15) is 4.79 Å². The predicted octanol–water partition coefficient (Wildman–Crippen LogP) is 5.85. The molecule has 2 aromatic carbocycles. The fourth-order valence-electron chi connectivity index (χ4n) is 3.53. The quantitative estimate of drug-likeness (QED) is 0.255. The van der Waals surface area contributed by atoms with E-state index in [1.807, 2.05) is 60.7 Å². The number of thiazole rings is 1. The summed E-state index contributed by atoms with van der Waals surface area (Å²) in [6, 6.07) is 18.7. The van der Waals surface area contributed by atoms with Gasteiger partial charge in [0.1, 0.15) is 21.8 Å². The monoisotopic (exact) mass is 491 g/mol. The van der Waals surface area contributed by atoms with Crippen LogP contribution in [0.4, 0.5) is 0 Å². The predicted molar refractivity (Wildman–Crippen MR) is 136 cm³/mol. The fraction of sp³-hybridized carbons (Fsp3) is 0.192. The Morgan fingerprint density at radius 2 is 1.79 bits per heavy atom. The van der Waals surface area contributed by atoms with Crippen LogP contribution in [0, 0.1) is 0 Å². The van der Waals surface area contributed by atoms with Gasteiger partial charge in [0.05, 0.1) is 6.61 Å². The lowest BCUT2D eigenvalue weighted by Crippen LogP contribution is -2.23. The first kappa shape index (κ1) is 22.4. The Labute approximate surface area is 205 Å². The smallest absolute Gasteiger partial charge is 0.291 e. The fourth-order valence-corrected chi connectivity index (χ4v) is 4.54. The molecule has 0 aliphatic heterocycles. The molecule has 3 heterocycles. The molecule has 0 saturated heterocycles. The van der Waals surface area contributed by atoms with Crippen LogP contribution in [0.3, 0.4) is 0 Å². The van der Waals surface area contributed by atoms with E-state index in [-0.39, 0.29) is 5.56 Å². The van der Waals surface area contributed by atoms with Crippen LogP contribution < -0.4 is 14.8 Å². The molecule has 0 unspecified atom stereocenters. The first-order valence-corrected chi connectivity index (χ1v) is 12.3. The molecule has 0 amide bonds. The Morgan fingerprint density at radius 1 is 1.03 bits per heavy atom. The van der Waals surface area contributed by atoms with Crippen LogP contribution in [-0.2, 0) is 0 Å². The summed E-state index contributed by atoms with van der Waals surface area (Å²) in [4.78, 5) is 18.0. The third kappa shape index (κ3) is 4.76. The molecule has 0 aliphatic rings. The van der Waals surface area contributed by atoms with Gasteiger partial charge >= 0.3 is 0 Å². The number of hydrogen-bond donors (Lipinski definition) is 0. The number of rotatable bonds is 8. The molecule has 0 radical (unpaired) electrons. The number of furan rings is 1. The van der Waals surface area contributed by atoms with E-state index >= 15 is 0 Å². The van der Waals surface area contributed by atoms with Crippen molar-refractivity contribution in [2.45, 2.75) is 26.2 Å². The van der Waals surface area contributed by atoms with Gasteiger partial charge in [-0.3, -0.25) is 4.79 Å². The summed E-state index contributed by atoms with van der Waals surface area (Å²) in [5.74, 6) is 2.62. The van der Waals surface area contributed by atoms with E-state index in [1.165, 1.54) is 22.3 Å². The molecular weight excluding hydrogens is 470 g/mol. The highest BCUT2D eigenvalue weighted by molar-refractivity contribution is 7.15. The van der Waals surface area contributed by atoms with E-state index in [4.69, 9.17) is 20.8 Å². The number of fused-ring (bicyclic) bond motifs is 1. The number of hydrogen-bond acceptors (Lipinski definition) is 6. The maximum Gasteiger partial charge on any atom is 0.291 e. The second-order valence-corrected chi connectivity index (χ2v) is 9.28. The van der Waals surface area contributed by atoms with Crippen molar-refractivity contribution in [3.63, 3.8) is 0 Å². The highest BCUT2D eigenvalue weighted by Crippen LogP contribution is 2.24. The van der Waals surface area contributed by atoms with Gasteiger partial charge in [0.15, 0.2) is 5.82 Å². The van der Waals surface area contributed by atoms with Crippen LogP contribution in [0.5, 0.6) is 5.75 Å². The summed E-state index contributed by atoms with van der Waals surface area (Å²) in [5, 5.41) is 5.09. The number of benzene rings is 2. The van der Waals surface area contributed by atoms with E-state index in [2.05, 4.69) is 17.0 Å². The van der Waals surface area contributed by atoms with E-state index in [0.717, 1.165) is 29.7 Å². The molecule has 5 aromatic rings. The van der Waals surface area contributed by atoms with Crippen molar-refractivity contribution < 1.29 is 9.15 Å². The second-order valence-electron chi connectivity index (χ2n) is 7.83. The van der Waals surface area contributed by atoms with Crippen molar-refractivity contribution in [3.05, 3.63) is 86.3 Å². The SMILES string of the molecule is CCCCCOc1ccc(-c2nc3sc(=Cc4ccc(-c5ccc(Cl)cc5)o4)c(=O)n3n2)cc1. The molecule has 0 atom stereocenters. The molecule has 8 heteroatoms. The third-order valence-electron chi connectivity index (χ3n) is 5.34. The summed E-state index contributed by atoms with van der Waals surface area (Å²) in [5.41, 5.74) is 1.52. The second kappa shape index (κ2) is 9.83. The minimum absolute atomic E-state index is 0.223. The van der Waals surface area contributed by atoms with Crippen molar-refractivity contribution in [2.75, 3.05) is 6.61 Å². The number of aromatic nitrogens is 3. The highest BCUT2D eigenvalue weighted by Gasteiger charge is 2.13. The standard InChI is InChI=1S/C26H22ClN3O3S/c1-2-3-4-15-32-20-11-7-18(8-12-20)24-28-26-30(29-24)25(31)23(34-26)16-21-13-14-22(33-21)17-5-9-19(27)10-6-17/h5-14,16H,2-4,15H2,1H3. The van der Waals surface area contributed by atoms with E-state index in [0.29, 0.717) is 38.5 Å². The molecule has 5 rings (SSSR count). The summed E-state index contributed by atoms with van der Waals surface area (Å²) >= 11 is 7.23. The van der Waals surface area contributed by atoms with Gasteiger partial charge in [-0.15, -0.1) is 5.10 Å².